The van der Waals surface area contributed by atoms with Gasteiger partial charge in [0, 0.05) is 35.3 Å². The van der Waals surface area contributed by atoms with Gasteiger partial charge in [-0.25, -0.2) is 0 Å². The summed E-state index contributed by atoms with van der Waals surface area (Å²) in [4.78, 5) is 36.9. The maximum Gasteiger partial charge on any atom is 0.250 e. The highest BCUT2D eigenvalue weighted by Gasteiger charge is 2.36. The van der Waals surface area contributed by atoms with E-state index in [-0.39, 0.29) is 23.8 Å². The number of aromatic amines is 1. The topological polar surface area (TPSA) is 78.1 Å². The molecule has 2 N–H and O–H groups in total. The summed E-state index contributed by atoms with van der Waals surface area (Å²) in [6, 6.07) is 23.0. The van der Waals surface area contributed by atoms with E-state index in [0.717, 1.165) is 52.7 Å². The van der Waals surface area contributed by atoms with Crippen molar-refractivity contribution < 1.29 is 9.59 Å². The van der Waals surface area contributed by atoms with Crippen LogP contribution in [0.4, 0.5) is 0 Å². The zero-order valence-electron chi connectivity index (χ0n) is 20.8. The Morgan fingerprint density at radius 1 is 1.08 bits per heavy atom. The summed E-state index contributed by atoms with van der Waals surface area (Å²) < 4.78 is 0. The van der Waals surface area contributed by atoms with Crippen LogP contribution in [-0.4, -0.2) is 33.2 Å². The molecule has 184 valence electrons. The molecule has 0 unspecified atom stereocenters. The SMILES string of the molecule is CC[C@@H](C)C(=O)N[C@H](C(=O)N1CCC[C@H]1c1cc2ccnc(-c3ccccc3)c2[nH]1)c1ccccc1. The Morgan fingerprint density at radius 2 is 1.81 bits per heavy atom. The molecule has 1 saturated heterocycles. The number of H-pyrrole nitrogens is 1. The van der Waals surface area contributed by atoms with E-state index in [0.29, 0.717) is 6.54 Å². The van der Waals surface area contributed by atoms with Gasteiger partial charge in [-0.2, -0.15) is 0 Å². The molecule has 0 spiro atoms. The van der Waals surface area contributed by atoms with Gasteiger partial charge in [-0.05, 0) is 37.0 Å². The number of likely N-dealkylation sites (tertiary alicyclic amines) is 1. The molecule has 1 aliphatic heterocycles. The highest BCUT2D eigenvalue weighted by molar-refractivity contribution is 5.93. The molecule has 3 heterocycles. The van der Waals surface area contributed by atoms with E-state index >= 15 is 0 Å². The first-order valence-electron chi connectivity index (χ1n) is 12.8. The molecule has 0 radical (unpaired) electrons. The summed E-state index contributed by atoms with van der Waals surface area (Å²) in [6.45, 7) is 4.53. The molecule has 2 aromatic carbocycles. The van der Waals surface area contributed by atoms with E-state index in [1.165, 1.54) is 0 Å². The third-order valence-electron chi connectivity index (χ3n) is 7.23. The predicted molar refractivity (Wildman–Crippen MR) is 142 cm³/mol. The number of benzene rings is 2. The normalized spacial score (nSPS) is 17.2. The number of rotatable bonds is 7. The first-order chi connectivity index (χ1) is 17.6. The largest absolute Gasteiger partial charge is 0.355 e. The van der Waals surface area contributed by atoms with Gasteiger partial charge in [0.2, 0.25) is 11.8 Å². The van der Waals surface area contributed by atoms with Gasteiger partial charge in [0.05, 0.1) is 17.3 Å². The molecule has 1 fully saturated rings. The van der Waals surface area contributed by atoms with Gasteiger partial charge in [-0.1, -0.05) is 74.5 Å². The highest BCUT2D eigenvalue weighted by atomic mass is 16.2. The fourth-order valence-corrected chi connectivity index (χ4v) is 4.99. The maximum absolute atomic E-state index is 14.0. The molecular formula is C30H32N4O2. The second kappa shape index (κ2) is 10.4. The number of fused-ring (bicyclic) bond motifs is 1. The molecule has 0 saturated carbocycles. The maximum atomic E-state index is 14.0. The fraction of sp³-hybridized carbons (Fsp3) is 0.300. The third-order valence-corrected chi connectivity index (χ3v) is 7.23. The van der Waals surface area contributed by atoms with Crippen molar-refractivity contribution in [3.05, 3.63) is 90.3 Å². The molecular weight excluding hydrogens is 448 g/mol. The zero-order valence-corrected chi connectivity index (χ0v) is 20.8. The van der Waals surface area contributed by atoms with Crippen molar-refractivity contribution in [1.29, 1.82) is 0 Å². The lowest BCUT2D eigenvalue weighted by molar-refractivity contribution is -0.138. The number of nitrogens with zero attached hydrogens (tertiary/aromatic N) is 2. The molecule has 2 amide bonds. The standard InChI is InChI=1S/C30H32N4O2/c1-3-20(2)29(35)33-28(22-13-8-5-9-14-22)30(36)34-18-10-15-25(34)24-19-23-16-17-31-26(27(23)32-24)21-11-6-4-7-12-21/h4-9,11-14,16-17,19-20,25,28,32H,3,10,15,18H2,1-2H3,(H,33,35)/t20-,25+,28+/m1/s1. The Bertz CT molecular complexity index is 1350. The van der Waals surface area contributed by atoms with Crippen LogP contribution < -0.4 is 5.32 Å². The van der Waals surface area contributed by atoms with E-state index in [1.807, 2.05) is 79.5 Å². The fourth-order valence-electron chi connectivity index (χ4n) is 4.99. The van der Waals surface area contributed by atoms with Gasteiger partial charge in [0.25, 0.3) is 0 Å². The van der Waals surface area contributed by atoms with Crippen LogP contribution in [0.15, 0.2) is 79.0 Å². The van der Waals surface area contributed by atoms with Gasteiger partial charge < -0.3 is 15.2 Å². The smallest absolute Gasteiger partial charge is 0.250 e. The minimum Gasteiger partial charge on any atom is -0.355 e. The second-order valence-corrected chi connectivity index (χ2v) is 9.57. The van der Waals surface area contributed by atoms with Gasteiger partial charge in [0.1, 0.15) is 6.04 Å². The predicted octanol–water partition coefficient (Wildman–Crippen LogP) is 5.80. The van der Waals surface area contributed by atoms with E-state index in [1.54, 1.807) is 0 Å². The Labute approximate surface area is 211 Å². The van der Waals surface area contributed by atoms with Crippen LogP contribution in [0.25, 0.3) is 22.2 Å². The third kappa shape index (κ3) is 4.63. The molecule has 36 heavy (non-hydrogen) atoms. The first-order valence-corrected chi connectivity index (χ1v) is 12.8. The number of amides is 2. The van der Waals surface area contributed by atoms with Gasteiger partial charge in [-0.15, -0.1) is 0 Å². The minimum atomic E-state index is -0.709. The van der Waals surface area contributed by atoms with Crippen LogP contribution in [0.3, 0.4) is 0 Å². The van der Waals surface area contributed by atoms with E-state index in [9.17, 15) is 9.59 Å². The molecule has 3 atom stereocenters. The molecule has 0 bridgehead atoms. The van der Waals surface area contributed by atoms with Crippen molar-refractivity contribution in [2.24, 2.45) is 5.92 Å². The van der Waals surface area contributed by atoms with Gasteiger partial charge >= 0.3 is 0 Å². The summed E-state index contributed by atoms with van der Waals surface area (Å²) in [5.41, 5.74) is 4.73. The Kier molecular flexibility index (Phi) is 6.85. The number of hydrogen-bond donors (Lipinski definition) is 2. The number of aromatic nitrogens is 2. The highest BCUT2D eigenvalue weighted by Crippen LogP contribution is 2.37. The van der Waals surface area contributed by atoms with Crippen molar-refractivity contribution in [2.45, 2.75) is 45.2 Å². The van der Waals surface area contributed by atoms with E-state index in [4.69, 9.17) is 0 Å². The summed E-state index contributed by atoms with van der Waals surface area (Å²) in [5, 5.41) is 4.11. The Morgan fingerprint density at radius 3 is 2.53 bits per heavy atom. The molecule has 6 heteroatoms. The van der Waals surface area contributed by atoms with Crippen molar-refractivity contribution in [2.75, 3.05) is 6.54 Å². The molecule has 4 aromatic rings. The Hall–Kier alpha value is -3.93. The van der Waals surface area contributed by atoms with Gasteiger partial charge in [-0.3, -0.25) is 14.6 Å². The molecule has 1 aliphatic rings. The van der Waals surface area contributed by atoms with Crippen molar-refractivity contribution in [3.8, 4) is 11.3 Å². The van der Waals surface area contributed by atoms with Crippen LogP contribution in [0, 0.1) is 5.92 Å². The molecule has 5 rings (SSSR count). The van der Waals surface area contributed by atoms with Crippen LogP contribution in [0.5, 0.6) is 0 Å². The lowest BCUT2D eigenvalue weighted by atomic mass is 10.0. The summed E-state index contributed by atoms with van der Waals surface area (Å²) in [5.74, 6) is -0.323. The average molecular weight is 481 g/mol. The zero-order chi connectivity index (χ0) is 25.1. The lowest BCUT2D eigenvalue weighted by Crippen LogP contribution is -2.44. The average Bonchev–Trinajstić information content (AvgIpc) is 3.59. The van der Waals surface area contributed by atoms with Crippen molar-refractivity contribution in [3.63, 3.8) is 0 Å². The summed E-state index contributed by atoms with van der Waals surface area (Å²) in [7, 11) is 0. The number of carbonyl (C=O) groups excluding carboxylic acids is 2. The van der Waals surface area contributed by atoms with Crippen LogP contribution >= 0.6 is 0 Å². The molecule has 6 nitrogen and oxygen atoms in total. The van der Waals surface area contributed by atoms with Crippen molar-refractivity contribution >= 4 is 22.7 Å². The number of carbonyl (C=O) groups is 2. The lowest BCUT2D eigenvalue weighted by Gasteiger charge is -2.29. The monoisotopic (exact) mass is 480 g/mol. The quantitative estimate of drug-likeness (QED) is 0.351. The number of pyridine rings is 1. The van der Waals surface area contributed by atoms with E-state index in [2.05, 4.69) is 33.5 Å². The summed E-state index contributed by atoms with van der Waals surface area (Å²) >= 11 is 0. The van der Waals surface area contributed by atoms with Crippen LogP contribution in [-0.2, 0) is 9.59 Å². The Balaban J connectivity index is 1.47. The van der Waals surface area contributed by atoms with Gasteiger partial charge in [0.15, 0.2) is 0 Å². The number of hydrogen-bond acceptors (Lipinski definition) is 3. The van der Waals surface area contributed by atoms with E-state index < -0.39 is 6.04 Å². The van der Waals surface area contributed by atoms with Crippen LogP contribution in [0.2, 0.25) is 0 Å². The first kappa shape index (κ1) is 23.8. The van der Waals surface area contributed by atoms with Crippen LogP contribution in [0.1, 0.15) is 56.5 Å². The molecule has 2 aromatic heterocycles. The second-order valence-electron chi connectivity index (χ2n) is 9.57. The minimum absolute atomic E-state index is 0.0691. The number of nitrogens with one attached hydrogen (secondary N) is 2. The summed E-state index contributed by atoms with van der Waals surface area (Å²) in [6.07, 6.45) is 4.33. The molecule has 0 aliphatic carbocycles. The van der Waals surface area contributed by atoms with Crippen molar-refractivity contribution in [1.82, 2.24) is 20.2 Å².